The summed E-state index contributed by atoms with van der Waals surface area (Å²) in [6.45, 7) is 3.74. The van der Waals surface area contributed by atoms with Gasteiger partial charge in [-0.25, -0.2) is 0 Å². The SMILES string of the molecule is CC1=CC(C2=CC(C)CC=C3C(=NCCC(F)(F)F)C=C(Br)NN32)CC=C1C(=O)NC1CC1. The van der Waals surface area contributed by atoms with Crippen LogP contribution in [0.2, 0.25) is 0 Å². The van der Waals surface area contributed by atoms with Gasteiger partial charge in [-0.1, -0.05) is 31.2 Å². The first-order valence-corrected chi connectivity index (χ1v) is 12.1. The van der Waals surface area contributed by atoms with Crippen LogP contribution in [0.25, 0.3) is 0 Å². The lowest BCUT2D eigenvalue weighted by atomic mass is 9.87. The molecule has 9 heteroatoms. The van der Waals surface area contributed by atoms with Crippen molar-refractivity contribution in [3.63, 3.8) is 0 Å². The molecule has 2 unspecified atom stereocenters. The second-order valence-electron chi connectivity index (χ2n) is 9.02. The van der Waals surface area contributed by atoms with Crippen LogP contribution in [-0.4, -0.2) is 35.4 Å². The second-order valence-corrected chi connectivity index (χ2v) is 9.88. The van der Waals surface area contributed by atoms with Crippen molar-refractivity contribution in [3.8, 4) is 0 Å². The Morgan fingerprint density at radius 3 is 2.70 bits per heavy atom. The number of hydrogen-bond acceptors (Lipinski definition) is 4. The van der Waals surface area contributed by atoms with Gasteiger partial charge in [-0.3, -0.25) is 20.2 Å². The molecule has 0 aromatic rings. The zero-order valence-electron chi connectivity index (χ0n) is 18.7. The highest BCUT2D eigenvalue weighted by atomic mass is 79.9. The van der Waals surface area contributed by atoms with Crippen LogP contribution in [0.5, 0.6) is 0 Å². The fourth-order valence-electron chi connectivity index (χ4n) is 4.19. The van der Waals surface area contributed by atoms with E-state index in [9.17, 15) is 18.0 Å². The molecule has 0 spiro atoms. The molecule has 0 aromatic heterocycles. The van der Waals surface area contributed by atoms with Crippen LogP contribution in [0.3, 0.4) is 0 Å². The van der Waals surface area contributed by atoms with E-state index < -0.39 is 12.6 Å². The van der Waals surface area contributed by atoms with E-state index in [4.69, 9.17) is 0 Å². The van der Waals surface area contributed by atoms with E-state index in [2.05, 4.69) is 50.7 Å². The van der Waals surface area contributed by atoms with Crippen LogP contribution in [0.1, 0.15) is 46.0 Å². The molecular formula is C24H28BrF3N4O. The van der Waals surface area contributed by atoms with Gasteiger partial charge in [0.1, 0.15) is 0 Å². The maximum Gasteiger partial charge on any atom is 0.390 e. The molecule has 1 amide bonds. The summed E-state index contributed by atoms with van der Waals surface area (Å²) in [5.74, 6) is 0.246. The van der Waals surface area contributed by atoms with Crippen molar-refractivity contribution >= 4 is 27.5 Å². The van der Waals surface area contributed by atoms with Crippen LogP contribution in [0, 0.1) is 11.8 Å². The molecule has 2 atom stereocenters. The largest absolute Gasteiger partial charge is 0.390 e. The molecule has 2 heterocycles. The van der Waals surface area contributed by atoms with Gasteiger partial charge in [0, 0.05) is 29.8 Å². The van der Waals surface area contributed by atoms with Gasteiger partial charge in [0.2, 0.25) is 0 Å². The number of nitrogens with zero attached hydrogens (tertiary/aromatic N) is 2. The fraction of sp³-hybridized carbons (Fsp3) is 0.500. The van der Waals surface area contributed by atoms with E-state index >= 15 is 0 Å². The lowest BCUT2D eigenvalue weighted by molar-refractivity contribution is -0.132. The predicted molar refractivity (Wildman–Crippen MR) is 126 cm³/mol. The van der Waals surface area contributed by atoms with Gasteiger partial charge in [-0.2, -0.15) is 13.2 Å². The molecule has 0 bridgehead atoms. The molecule has 4 aliphatic rings. The third-order valence-electron chi connectivity index (χ3n) is 6.05. The molecule has 0 aromatic carbocycles. The third kappa shape index (κ3) is 5.99. The number of allylic oxidation sites excluding steroid dienone is 5. The predicted octanol–water partition coefficient (Wildman–Crippen LogP) is 5.42. The maximum absolute atomic E-state index is 12.7. The zero-order valence-corrected chi connectivity index (χ0v) is 20.3. The van der Waals surface area contributed by atoms with Crippen LogP contribution < -0.4 is 10.7 Å². The average Bonchev–Trinajstić information content (AvgIpc) is 3.54. The molecular weight excluding hydrogens is 497 g/mol. The van der Waals surface area contributed by atoms with Crippen molar-refractivity contribution in [2.75, 3.05) is 6.54 Å². The lowest BCUT2D eigenvalue weighted by Gasteiger charge is -2.37. The molecule has 4 rings (SSSR count). The number of hydrazine groups is 1. The van der Waals surface area contributed by atoms with Gasteiger partial charge >= 0.3 is 6.18 Å². The molecule has 2 aliphatic carbocycles. The summed E-state index contributed by atoms with van der Waals surface area (Å²) in [6, 6.07) is 0.304. The minimum absolute atomic E-state index is 0.0191. The normalized spacial score (nSPS) is 26.8. The van der Waals surface area contributed by atoms with Crippen molar-refractivity contribution < 1.29 is 18.0 Å². The minimum Gasteiger partial charge on any atom is -0.349 e. The summed E-state index contributed by atoms with van der Waals surface area (Å²) in [6.07, 6.45) is 8.33. The van der Waals surface area contributed by atoms with E-state index in [0.717, 1.165) is 41.8 Å². The first-order valence-electron chi connectivity index (χ1n) is 11.3. The van der Waals surface area contributed by atoms with Crippen molar-refractivity contribution in [1.82, 2.24) is 15.8 Å². The highest BCUT2D eigenvalue weighted by Gasteiger charge is 2.32. The highest BCUT2D eigenvalue weighted by Crippen LogP contribution is 2.36. The molecule has 1 fully saturated rings. The first-order chi connectivity index (χ1) is 15.6. The Balaban J connectivity index is 1.57. The van der Waals surface area contributed by atoms with Crippen molar-refractivity contribution in [3.05, 3.63) is 57.5 Å². The molecule has 2 aliphatic heterocycles. The Labute approximate surface area is 200 Å². The summed E-state index contributed by atoms with van der Waals surface area (Å²) in [5.41, 5.74) is 7.20. The maximum atomic E-state index is 12.7. The fourth-order valence-corrected chi connectivity index (χ4v) is 4.59. The molecule has 33 heavy (non-hydrogen) atoms. The van der Waals surface area contributed by atoms with E-state index in [-0.39, 0.29) is 24.3 Å². The monoisotopic (exact) mass is 524 g/mol. The Morgan fingerprint density at radius 1 is 1.27 bits per heavy atom. The lowest BCUT2D eigenvalue weighted by Crippen LogP contribution is -2.42. The summed E-state index contributed by atoms with van der Waals surface area (Å²) in [5, 5.41) is 4.96. The van der Waals surface area contributed by atoms with Gasteiger partial charge in [0.25, 0.3) is 5.91 Å². The summed E-state index contributed by atoms with van der Waals surface area (Å²) >= 11 is 3.45. The van der Waals surface area contributed by atoms with Crippen molar-refractivity contribution in [1.29, 1.82) is 0 Å². The number of amides is 1. The van der Waals surface area contributed by atoms with Gasteiger partial charge in [0.15, 0.2) is 0 Å². The number of alkyl halides is 3. The van der Waals surface area contributed by atoms with Crippen molar-refractivity contribution in [2.45, 2.75) is 58.2 Å². The van der Waals surface area contributed by atoms with Crippen LogP contribution >= 0.6 is 15.9 Å². The zero-order chi connectivity index (χ0) is 23.8. The number of hydrogen-bond donors (Lipinski definition) is 2. The number of carbonyl (C=O) groups excluding carboxylic acids is 1. The Kier molecular flexibility index (Phi) is 6.88. The van der Waals surface area contributed by atoms with Crippen LogP contribution in [-0.2, 0) is 4.79 Å². The molecule has 0 saturated heterocycles. The Hall–Kier alpha value is -2.29. The molecule has 178 valence electrons. The summed E-state index contributed by atoms with van der Waals surface area (Å²) in [7, 11) is 0. The first kappa shape index (κ1) is 23.9. The number of halogens is 4. The Morgan fingerprint density at radius 2 is 2.03 bits per heavy atom. The second kappa shape index (κ2) is 9.52. The van der Waals surface area contributed by atoms with Gasteiger partial charge < -0.3 is 5.32 Å². The van der Waals surface area contributed by atoms with Crippen LogP contribution in [0.15, 0.2) is 62.5 Å². The number of rotatable bonds is 5. The topological polar surface area (TPSA) is 56.7 Å². The van der Waals surface area contributed by atoms with Gasteiger partial charge in [-0.15, -0.1) is 0 Å². The summed E-state index contributed by atoms with van der Waals surface area (Å²) in [4.78, 5) is 16.8. The molecule has 0 radical (unpaired) electrons. The highest BCUT2D eigenvalue weighted by molar-refractivity contribution is 9.11. The number of carbonyl (C=O) groups is 1. The standard InChI is InChI=1S/C24H28BrF3N4O/c1-14-3-8-20-19(29-10-9-24(26,27)28)13-22(25)31-32(20)21(11-14)16-4-7-18(15(2)12-16)23(33)30-17-5-6-17/h7-8,11-14,16-17,31H,3-6,9-10H2,1-2H3,(H,30,33). The quantitative estimate of drug-likeness (QED) is 0.472. The van der Waals surface area contributed by atoms with Crippen molar-refractivity contribution in [2.24, 2.45) is 16.8 Å². The minimum atomic E-state index is -4.24. The van der Waals surface area contributed by atoms with E-state index in [1.54, 1.807) is 6.08 Å². The molecule has 1 saturated carbocycles. The Bertz CT molecular complexity index is 1000. The van der Waals surface area contributed by atoms with Crippen LogP contribution in [0.4, 0.5) is 13.2 Å². The smallest absolute Gasteiger partial charge is 0.349 e. The van der Waals surface area contributed by atoms with Gasteiger partial charge in [-0.05, 0) is 66.1 Å². The number of aliphatic imine (C=N–C) groups is 1. The van der Waals surface area contributed by atoms with E-state index in [1.807, 2.05) is 24.1 Å². The average molecular weight is 525 g/mol. The van der Waals surface area contributed by atoms with E-state index in [0.29, 0.717) is 22.8 Å². The molecule has 5 nitrogen and oxygen atoms in total. The third-order valence-corrected chi connectivity index (χ3v) is 6.45. The molecule has 2 N–H and O–H groups in total. The van der Waals surface area contributed by atoms with Gasteiger partial charge in [0.05, 0.1) is 22.4 Å². The van der Waals surface area contributed by atoms with E-state index in [1.165, 1.54) is 0 Å². The number of fused-ring (bicyclic) bond motifs is 1. The number of nitrogens with one attached hydrogen (secondary N) is 2. The summed E-state index contributed by atoms with van der Waals surface area (Å²) < 4.78 is 38.6.